The third kappa shape index (κ3) is 5.73. The van der Waals surface area contributed by atoms with Crippen LogP contribution in [0, 0.1) is 0 Å². The number of ether oxygens (including phenoxy) is 1. The summed E-state index contributed by atoms with van der Waals surface area (Å²) in [5.41, 5.74) is 0.392. The Bertz CT molecular complexity index is 939. The van der Waals surface area contributed by atoms with E-state index in [1.165, 1.54) is 10.4 Å². The zero-order chi connectivity index (χ0) is 23.6. The van der Waals surface area contributed by atoms with Crippen LogP contribution in [0.2, 0.25) is 5.02 Å². The van der Waals surface area contributed by atoms with Crippen molar-refractivity contribution < 1.29 is 17.9 Å². The minimum atomic E-state index is -3.74. The van der Waals surface area contributed by atoms with Gasteiger partial charge in [-0.15, -0.1) is 0 Å². The molecule has 3 heterocycles. The van der Waals surface area contributed by atoms with Crippen molar-refractivity contribution in [1.82, 2.24) is 14.1 Å². The van der Waals surface area contributed by atoms with Crippen LogP contribution in [0.15, 0.2) is 23.1 Å². The van der Waals surface area contributed by atoms with E-state index in [1.807, 2.05) is 4.90 Å². The van der Waals surface area contributed by atoms with Crippen molar-refractivity contribution in [3.63, 3.8) is 0 Å². The summed E-state index contributed by atoms with van der Waals surface area (Å²) < 4.78 is 34.1. The van der Waals surface area contributed by atoms with Crippen molar-refractivity contribution in [1.29, 1.82) is 0 Å². The highest BCUT2D eigenvalue weighted by molar-refractivity contribution is 7.89. The first kappa shape index (κ1) is 24.9. The maximum Gasteiger partial charge on any atom is 0.254 e. The van der Waals surface area contributed by atoms with Gasteiger partial charge in [0.25, 0.3) is 5.91 Å². The molecule has 3 atom stereocenters. The molecule has 9 heteroatoms. The van der Waals surface area contributed by atoms with Crippen LogP contribution in [0.25, 0.3) is 0 Å². The van der Waals surface area contributed by atoms with Gasteiger partial charge in [0.05, 0.1) is 17.2 Å². The first-order valence-electron chi connectivity index (χ1n) is 12.2. The largest absolute Gasteiger partial charge is 0.373 e. The molecule has 1 amide bonds. The highest BCUT2D eigenvalue weighted by Crippen LogP contribution is 2.29. The van der Waals surface area contributed by atoms with Gasteiger partial charge in [-0.25, -0.2) is 8.42 Å². The Morgan fingerprint density at radius 3 is 2.36 bits per heavy atom. The van der Waals surface area contributed by atoms with Gasteiger partial charge in [-0.05, 0) is 57.7 Å². The predicted molar refractivity (Wildman–Crippen MR) is 129 cm³/mol. The molecular weight excluding hydrogens is 462 g/mol. The van der Waals surface area contributed by atoms with Crippen molar-refractivity contribution in [2.45, 2.75) is 75.5 Å². The first-order chi connectivity index (χ1) is 15.8. The van der Waals surface area contributed by atoms with E-state index in [4.69, 9.17) is 16.3 Å². The van der Waals surface area contributed by atoms with Crippen molar-refractivity contribution in [2.24, 2.45) is 0 Å². The summed E-state index contributed by atoms with van der Waals surface area (Å²) in [6, 6.07) is 4.81. The predicted octanol–water partition coefficient (Wildman–Crippen LogP) is 3.62. The number of morpholine rings is 1. The smallest absolute Gasteiger partial charge is 0.254 e. The third-order valence-corrected chi connectivity index (χ3v) is 9.34. The molecule has 1 aromatic carbocycles. The Balaban J connectivity index is 1.52. The highest BCUT2D eigenvalue weighted by atomic mass is 35.5. The lowest BCUT2D eigenvalue weighted by Gasteiger charge is -2.38. The van der Waals surface area contributed by atoms with Crippen LogP contribution in [0.5, 0.6) is 0 Å². The molecule has 7 nitrogen and oxygen atoms in total. The number of hydrogen-bond donors (Lipinski definition) is 0. The average Bonchev–Trinajstić information content (AvgIpc) is 3.03. The van der Waals surface area contributed by atoms with E-state index in [1.54, 1.807) is 12.1 Å². The number of hydrogen-bond acceptors (Lipinski definition) is 5. The molecule has 1 aromatic rings. The number of rotatable bonds is 5. The Labute approximate surface area is 203 Å². The second-order valence-electron chi connectivity index (χ2n) is 9.73. The molecule has 0 aliphatic carbocycles. The Kier molecular flexibility index (Phi) is 8.01. The molecule has 3 aliphatic rings. The van der Waals surface area contributed by atoms with E-state index in [0.29, 0.717) is 25.2 Å². The maximum atomic E-state index is 13.5. The fraction of sp³-hybridized carbons (Fsp3) is 0.708. The van der Waals surface area contributed by atoms with Gasteiger partial charge in [0.15, 0.2) is 0 Å². The van der Waals surface area contributed by atoms with Gasteiger partial charge in [0.2, 0.25) is 10.0 Å². The monoisotopic (exact) mass is 497 g/mol. The van der Waals surface area contributed by atoms with E-state index in [0.717, 1.165) is 58.2 Å². The molecule has 0 N–H and O–H groups in total. The van der Waals surface area contributed by atoms with Gasteiger partial charge in [0.1, 0.15) is 4.90 Å². The maximum absolute atomic E-state index is 13.5. The van der Waals surface area contributed by atoms with E-state index in [-0.39, 0.29) is 34.1 Å². The lowest BCUT2D eigenvalue weighted by molar-refractivity contribution is -0.0715. The quantitative estimate of drug-likeness (QED) is 0.621. The van der Waals surface area contributed by atoms with Crippen molar-refractivity contribution in [3.05, 3.63) is 28.8 Å². The van der Waals surface area contributed by atoms with Gasteiger partial charge in [0, 0.05) is 50.9 Å². The van der Waals surface area contributed by atoms with Crippen LogP contribution in [0.4, 0.5) is 0 Å². The molecule has 0 aromatic heterocycles. The molecular formula is C24H36ClN3O4S. The van der Waals surface area contributed by atoms with Crippen LogP contribution >= 0.6 is 11.6 Å². The fourth-order valence-corrected chi connectivity index (χ4v) is 7.46. The van der Waals surface area contributed by atoms with Crippen molar-refractivity contribution in [3.8, 4) is 0 Å². The molecule has 0 saturated carbocycles. The normalized spacial score (nSPS) is 28.1. The molecule has 0 unspecified atom stereocenters. The molecule has 33 heavy (non-hydrogen) atoms. The number of carbonyl (C=O) groups is 1. The number of nitrogens with zero attached hydrogens (tertiary/aromatic N) is 3. The van der Waals surface area contributed by atoms with Crippen LogP contribution in [0.1, 0.15) is 62.7 Å². The number of amides is 1. The Hall–Kier alpha value is -1.19. The van der Waals surface area contributed by atoms with E-state index < -0.39 is 10.0 Å². The molecule has 0 spiro atoms. The summed E-state index contributed by atoms with van der Waals surface area (Å²) >= 11 is 6.34. The average molecular weight is 498 g/mol. The Morgan fingerprint density at radius 2 is 1.70 bits per heavy atom. The number of benzene rings is 1. The molecule has 3 saturated heterocycles. The zero-order valence-electron chi connectivity index (χ0n) is 19.7. The molecule has 3 aliphatic heterocycles. The summed E-state index contributed by atoms with van der Waals surface area (Å²) in [5, 5.41) is 0.171. The summed E-state index contributed by atoms with van der Waals surface area (Å²) in [6.45, 7) is 8.40. The molecule has 4 rings (SSSR count). The summed E-state index contributed by atoms with van der Waals surface area (Å²) in [5.74, 6) is -0.115. The SMILES string of the molecule is C[C@@H]1CN(C[C@@H]2CCCN2C(=O)c2ccc(Cl)c(S(=O)(=O)N3CCCCCC3)c2)C[C@H](C)O1. The van der Waals surface area contributed by atoms with E-state index in [9.17, 15) is 13.2 Å². The third-order valence-electron chi connectivity index (χ3n) is 6.96. The second kappa shape index (κ2) is 10.6. The minimum absolute atomic E-state index is 0.0449. The number of carbonyl (C=O) groups excluding carboxylic acids is 1. The molecule has 184 valence electrons. The number of halogens is 1. The van der Waals surface area contributed by atoms with Gasteiger partial charge < -0.3 is 9.64 Å². The lowest BCUT2D eigenvalue weighted by atomic mass is 10.1. The lowest BCUT2D eigenvalue weighted by Crippen LogP contribution is -2.50. The molecule has 0 radical (unpaired) electrons. The second-order valence-corrected chi connectivity index (χ2v) is 12.0. The van der Waals surface area contributed by atoms with Gasteiger partial charge in [-0.3, -0.25) is 9.69 Å². The number of likely N-dealkylation sites (tertiary alicyclic amines) is 1. The van der Waals surface area contributed by atoms with Crippen LogP contribution in [-0.4, -0.2) is 85.9 Å². The van der Waals surface area contributed by atoms with Crippen LogP contribution in [-0.2, 0) is 14.8 Å². The van der Waals surface area contributed by atoms with Gasteiger partial charge in [-0.1, -0.05) is 24.4 Å². The van der Waals surface area contributed by atoms with Crippen LogP contribution in [0.3, 0.4) is 0 Å². The van der Waals surface area contributed by atoms with Gasteiger partial charge >= 0.3 is 0 Å². The highest BCUT2D eigenvalue weighted by Gasteiger charge is 2.34. The van der Waals surface area contributed by atoms with Crippen molar-refractivity contribution >= 4 is 27.5 Å². The summed E-state index contributed by atoms with van der Waals surface area (Å²) in [4.78, 5) is 17.8. The molecule has 3 fully saturated rings. The zero-order valence-corrected chi connectivity index (χ0v) is 21.3. The van der Waals surface area contributed by atoms with E-state index in [2.05, 4.69) is 18.7 Å². The first-order valence-corrected chi connectivity index (χ1v) is 14.1. The Morgan fingerprint density at radius 1 is 1.03 bits per heavy atom. The van der Waals surface area contributed by atoms with Crippen LogP contribution < -0.4 is 0 Å². The van der Waals surface area contributed by atoms with E-state index >= 15 is 0 Å². The molecule has 0 bridgehead atoms. The van der Waals surface area contributed by atoms with Gasteiger partial charge in [-0.2, -0.15) is 4.31 Å². The summed E-state index contributed by atoms with van der Waals surface area (Å²) in [7, 11) is -3.74. The van der Waals surface area contributed by atoms with Crippen molar-refractivity contribution in [2.75, 3.05) is 39.3 Å². The fourth-order valence-electron chi connectivity index (χ4n) is 5.45. The minimum Gasteiger partial charge on any atom is -0.373 e. The number of sulfonamides is 1. The topological polar surface area (TPSA) is 70.2 Å². The summed E-state index contributed by atoms with van der Waals surface area (Å²) in [6.07, 6.45) is 6.05. The standard InChI is InChI=1S/C24H36ClN3O4S/c1-18-15-26(16-19(2)32-18)17-21-8-7-13-28(21)24(29)20-9-10-22(25)23(14-20)33(30,31)27-11-5-3-4-6-12-27/h9-10,14,18-19,21H,3-8,11-13,15-17H2,1-2H3/t18-,19+,21-/m0/s1.